The van der Waals surface area contributed by atoms with Gasteiger partial charge in [-0.25, -0.2) is 0 Å². The Balaban J connectivity index is 0.000000400. The van der Waals surface area contributed by atoms with Crippen LogP contribution in [0, 0.1) is 34.5 Å². The second kappa shape index (κ2) is 18.2. The summed E-state index contributed by atoms with van der Waals surface area (Å²) in [7, 11) is 0. The van der Waals surface area contributed by atoms with Gasteiger partial charge in [-0.1, -0.05) is 121 Å². The Kier molecular flexibility index (Phi) is 8.55. The van der Waals surface area contributed by atoms with E-state index in [4.69, 9.17) is 19.2 Å². The lowest BCUT2D eigenvalue weighted by Crippen LogP contribution is -2.17. The topological polar surface area (TPSA) is 6.48 Å². The minimum Gasteiger partial charge on any atom is -0.298 e. The van der Waals surface area contributed by atoms with Crippen LogP contribution in [0.25, 0.3) is 21.5 Å². The first-order chi connectivity index (χ1) is 26.3. The highest BCUT2D eigenvalue weighted by Gasteiger charge is 2.05. The van der Waals surface area contributed by atoms with Gasteiger partial charge in [0, 0.05) is 56.0 Å². The zero-order valence-electron chi connectivity index (χ0n) is 40.7. The molecule has 236 valence electrons. The number of fused-ring (bicyclic) bond motifs is 2. The maximum Gasteiger partial charge on any atom is 0.0481 e. The van der Waals surface area contributed by atoms with E-state index in [9.17, 15) is 0 Å². The number of hydrogen-bond donors (Lipinski definition) is 0. The lowest BCUT2D eigenvalue weighted by Gasteiger charge is -2.15. The normalized spacial score (nSPS) is 18.0. The second-order valence-corrected chi connectivity index (χ2v) is 11.9. The van der Waals surface area contributed by atoms with Crippen molar-refractivity contribution in [2.45, 2.75) is 54.5 Å². The molecule has 0 N–H and O–H groups in total. The molecule has 0 amide bonds. The molecule has 0 unspecified atom stereocenters. The SMILES string of the molecule is Cl.[2H]C([2H])([2H])N(C([2H])([2H])/C=C/C#CC(C)(C)C)C([2H])([2H])c1cccc2ccccc12.[2H]C([2H])([2H])N(C([2H])([2H])/C=C/C#CC(C)(C)C)C([2H])([2H])c1cccc2ccccc12. The van der Waals surface area contributed by atoms with E-state index in [1.165, 1.54) is 24.3 Å². The molecule has 0 saturated carbocycles. The van der Waals surface area contributed by atoms with E-state index in [-0.39, 0.29) is 44.2 Å². The van der Waals surface area contributed by atoms with E-state index in [0.717, 1.165) is 22.9 Å². The van der Waals surface area contributed by atoms with Crippen LogP contribution in [0.2, 0.25) is 0 Å². The van der Waals surface area contributed by atoms with Crippen LogP contribution in [0.5, 0.6) is 0 Å². The zero-order chi connectivity index (χ0) is 44.2. The standard InChI is InChI=1S/2C21H25N.ClH/c2*1-21(2,3)15-8-5-9-16-22(4)17-19-13-10-12-18-11-6-7-14-20(18)19;/h2*5-7,9-14H,16-17H2,1-4H3;1H/b2*9-5+;/i2*4D3,16D2,17D2;. The number of benzene rings is 4. The Morgan fingerprint density at radius 1 is 0.600 bits per heavy atom. The second-order valence-electron chi connectivity index (χ2n) is 11.9. The minimum atomic E-state index is -3.04. The molecule has 0 fully saturated rings. The molecule has 3 heteroatoms. The van der Waals surface area contributed by atoms with Gasteiger partial charge < -0.3 is 0 Å². The molecular weight excluding hydrogens is 568 g/mol. The average Bonchev–Trinajstić information content (AvgIpc) is 3.05. The molecule has 0 atom stereocenters. The van der Waals surface area contributed by atoms with Crippen LogP contribution in [-0.2, 0) is 13.0 Å². The number of halogens is 1. The van der Waals surface area contributed by atoms with Crippen molar-refractivity contribution in [2.75, 3.05) is 26.9 Å². The predicted octanol–water partition coefficient (Wildman–Crippen LogP) is 10.2. The van der Waals surface area contributed by atoms with Gasteiger partial charge in [0.1, 0.15) is 0 Å². The molecule has 2 nitrogen and oxygen atoms in total. The van der Waals surface area contributed by atoms with Crippen molar-refractivity contribution >= 4 is 34.0 Å². The van der Waals surface area contributed by atoms with Crippen molar-refractivity contribution in [1.82, 2.24) is 9.80 Å². The summed E-state index contributed by atoms with van der Waals surface area (Å²) in [5, 5.41) is 2.54. The third kappa shape index (κ3) is 14.2. The summed E-state index contributed by atoms with van der Waals surface area (Å²) in [6.45, 7) is -5.13. The fraction of sp³-hybridized carbons (Fsp3) is 0.333. The summed E-state index contributed by atoms with van der Waals surface area (Å²) in [5.41, 5.74) is -0.411. The van der Waals surface area contributed by atoms with Crippen molar-refractivity contribution in [1.29, 1.82) is 0 Å². The number of rotatable bonds is 8. The molecule has 0 bridgehead atoms. The Morgan fingerprint density at radius 3 is 1.36 bits per heavy atom. The van der Waals surface area contributed by atoms with Crippen LogP contribution in [0.3, 0.4) is 0 Å². The summed E-state index contributed by atoms with van der Waals surface area (Å²) >= 11 is 0. The third-order valence-corrected chi connectivity index (χ3v) is 5.68. The van der Waals surface area contributed by atoms with Crippen LogP contribution >= 0.6 is 12.4 Å². The molecule has 4 rings (SSSR count). The van der Waals surface area contributed by atoms with E-state index in [1.54, 1.807) is 72.8 Å². The first-order valence-corrected chi connectivity index (χ1v) is 14.3. The van der Waals surface area contributed by atoms with Gasteiger partial charge in [0.15, 0.2) is 0 Å². The van der Waals surface area contributed by atoms with E-state index >= 15 is 0 Å². The Morgan fingerprint density at radius 2 is 0.978 bits per heavy atom. The smallest absolute Gasteiger partial charge is 0.0481 e. The average molecular weight is 633 g/mol. The summed E-state index contributed by atoms with van der Waals surface area (Å²) in [6.07, 6.45) is 4.45. The van der Waals surface area contributed by atoms with Crippen LogP contribution in [0.1, 0.15) is 71.9 Å². The van der Waals surface area contributed by atoms with Crippen molar-refractivity contribution in [3.8, 4) is 23.7 Å². The molecule has 0 heterocycles. The monoisotopic (exact) mass is 632 g/mol. The molecule has 0 aliphatic carbocycles. The lowest BCUT2D eigenvalue weighted by molar-refractivity contribution is 0.365. The van der Waals surface area contributed by atoms with Crippen molar-refractivity contribution in [3.05, 3.63) is 120 Å². The van der Waals surface area contributed by atoms with Gasteiger partial charge in [-0.15, -0.1) is 12.4 Å². The van der Waals surface area contributed by atoms with E-state index in [2.05, 4.69) is 23.7 Å². The summed E-state index contributed by atoms with van der Waals surface area (Å²) in [6, 6.07) is 23.9. The summed E-state index contributed by atoms with van der Waals surface area (Å²) < 4.78 is 115. The summed E-state index contributed by atoms with van der Waals surface area (Å²) in [4.78, 5) is 0.564. The first kappa shape index (κ1) is 21.1. The van der Waals surface area contributed by atoms with Crippen molar-refractivity contribution < 1.29 is 19.2 Å². The van der Waals surface area contributed by atoms with Crippen LogP contribution in [-0.4, -0.2) is 36.7 Å². The van der Waals surface area contributed by atoms with E-state index in [1.807, 2.05) is 41.5 Å². The summed E-state index contributed by atoms with van der Waals surface area (Å²) in [5.74, 6) is 11.2. The number of likely N-dealkylation sites (N-methyl/N-ethyl adjacent to an activating group) is 2. The number of hydrogen-bond acceptors (Lipinski definition) is 2. The zero-order valence-corrected chi connectivity index (χ0v) is 27.5. The van der Waals surface area contributed by atoms with Crippen molar-refractivity contribution in [2.24, 2.45) is 10.8 Å². The van der Waals surface area contributed by atoms with Crippen LogP contribution in [0.15, 0.2) is 109 Å². The maximum absolute atomic E-state index is 8.62. The molecule has 0 aliphatic rings. The fourth-order valence-corrected chi connectivity index (χ4v) is 3.77. The van der Waals surface area contributed by atoms with Crippen LogP contribution in [0.4, 0.5) is 0 Å². The predicted molar refractivity (Wildman–Crippen MR) is 201 cm³/mol. The third-order valence-electron chi connectivity index (χ3n) is 5.68. The number of nitrogens with zero attached hydrogens (tertiary/aromatic N) is 2. The highest BCUT2D eigenvalue weighted by Crippen LogP contribution is 2.20. The maximum atomic E-state index is 8.62. The highest BCUT2D eigenvalue weighted by molar-refractivity contribution is 5.86. The molecule has 4 aromatic rings. The molecule has 0 spiro atoms. The fourth-order valence-electron chi connectivity index (χ4n) is 3.77. The van der Waals surface area contributed by atoms with Gasteiger partial charge in [-0.05, 0) is 100 Å². The molecule has 4 aromatic carbocycles. The van der Waals surface area contributed by atoms with Gasteiger partial charge in [-0.3, -0.25) is 9.80 Å². The molecular formula is C42H51ClN2. The van der Waals surface area contributed by atoms with Gasteiger partial charge in [0.25, 0.3) is 0 Å². The molecule has 0 radical (unpaired) electrons. The van der Waals surface area contributed by atoms with Gasteiger partial charge in [0.05, 0.1) is 0 Å². The molecule has 0 saturated heterocycles. The van der Waals surface area contributed by atoms with Crippen LogP contribution < -0.4 is 0 Å². The number of allylic oxidation sites excluding steroid dienone is 2. The Bertz CT molecular complexity index is 2070. The molecule has 0 aliphatic heterocycles. The van der Waals surface area contributed by atoms with E-state index < -0.39 is 39.9 Å². The molecule has 0 aromatic heterocycles. The Hall–Kier alpha value is -3.79. The van der Waals surface area contributed by atoms with Crippen molar-refractivity contribution in [3.63, 3.8) is 0 Å². The Labute approximate surface area is 299 Å². The van der Waals surface area contributed by atoms with Gasteiger partial charge >= 0.3 is 0 Å². The van der Waals surface area contributed by atoms with Gasteiger partial charge in [-0.2, -0.15) is 0 Å². The highest BCUT2D eigenvalue weighted by atomic mass is 35.5. The van der Waals surface area contributed by atoms with Gasteiger partial charge in [0.2, 0.25) is 0 Å². The quantitative estimate of drug-likeness (QED) is 0.178. The first-order valence-electron chi connectivity index (χ1n) is 21.3. The minimum absolute atomic E-state index is 0. The molecule has 45 heavy (non-hydrogen) atoms. The largest absolute Gasteiger partial charge is 0.298 e. The van der Waals surface area contributed by atoms with E-state index in [0.29, 0.717) is 10.8 Å². The lowest BCUT2D eigenvalue weighted by atomic mass is 9.98.